The lowest BCUT2D eigenvalue weighted by atomic mass is 10.4. The van der Waals surface area contributed by atoms with Gasteiger partial charge in [0.05, 0.1) is 12.0 Å². The number of carbonyl (C=O) groups is 2. The number of nitrogens with zero attached hydrogens (tertiary/aromatic N) is 2. The van der Waals surface area contributed by atoms with Crippen LogP contribution in [0.5, 0.6) is 5.88 Å². The molecule has 0 bridgehead atoms. The van der Waals surface area contributed by atoms with E-state index in [0.717, 1.165) is 11.3 Å². The maximum atomic E-state index is 11.9. The predicted molar refractivity (Wildman–Crippen MR) is 69.0 cm³/mol. The third-order valence-electron chi connectivity index (χ3n) is 2.33. The molecule has 1 amide bonds. The first-order chi connectivity index (χ1) is 9.01. The Bertz CT molecular complexity index is 632. The van der Waals surface area contributed by atoms with Crippen LogP contribution in [-0.2, 0) is 7.05 Å². The molecule has 8 heteroatoms. The number of carbonyl (C=O) groups excluding carboxylic acids is 1. The number of ether oxygens (including phenoxy) is 1. The first-order valence-corrected chi connectivity index (χ1v) is 6.05. The second-order valence-electron chi connectivity index (χ2n) is 3.62. The van der Waals surface area contributed by atoms with Crippen LogP contribution in [0.3, 0.4) is 0 Å². The second-order valence-corrected chi connectivity index (χ2v) is 4.70. The molecular weight excluding hydrogens is 270 g/mol. The summed E-state index contributed by atoms with van der Waals surface area (Å²) >= 11 is 0.908. The molecule has 2 aromatic heterocycles. The van der Waals surface area contributed by atoms with Gasteiger partial charge in [-0.1, -0.05) is 0 Å². The molecular formula is C11H11N3O4S. The molecule has 100 valence electrons. The van der Waals surface area contributed by atoms with E-state index in [1.54, 1.807) is 13.1 Å². The number of anilines is 1. The van der Waals surface area contributed by atoms with E-state index < -0.39 is 11.9 Å². The van der Waals surface area contributed by atoms with Crippen molar-refractivity contribution in [3.05, 3.63) is 28.0 Å². The minimum atomic E-state index is -1.05. The highest BCUT2D eigenvalue weighted by atomic mass is 32.1. The standard InChI is InChI=1S/C11H11N3O4S/c1-14-9(18-2)5-8(13-14)12-10(15)6-3-4-7(19-6)11(16)17/h3-5H,1-2H3,(H,16,17)(H,12,13,15). The van der Waals surface area contributed by atoms with Gasteiger partial charge in [-0.25, -0.2) is 9.48 Å². The van der Waals surface area contributed by atoms with Crippen molar-refractivity contribution in [2.24, 2.45) is 7.05 Å². The number of methoxy groups -OCH3 is 1. The molecule has 0 fully saturated rings. The number of aromatic carboxylic acids is 1. The minimum absolute atomic E-state index is 0.115. The highest BCUT2D eigenvalue weighted by Gasteiger charge is 2.14. The summed E-state index contributed by atoms with van der Waals surface area (Å²) in [6.07, 6.45) is 0. The molecule has 2 rings (SSSR count). The van der Waals surface area contributed by atoms with E-state index in [1.807, 2.05) is 0 Å². The summed E-state index contributed by atoms with van der Waals surface area (Å²) in [5.74, 6) is -0.607. The molecule has 7 nitrogen and oxygen atoms in total. The van der Waals surface area contributed by atoms with E-state index >= 15 is 0 Å². The Hall–Kier alpha value is -2.35. The highest BCUT2D eigenvalue weighted by Crippen LogP contribution is 2.20. The van der Waals surface area contributed by atoms with Gasteiger partial charge in [0.2, 0.25) is 5.88 Å². The summed E-state index contributed by atoms with van der Waals surface area (Å²) < 4.78 is 6.50. The fourth-order valence-corrected chi connectivity index (χ4v) is 2.20. The zero-order chi connectivity index (χ0) is 14.0. The molecule has 0 aliphatic carbocycles. The first-order valence-electron chi connectivity index (χ1n) is 5.23. The van der Waals surface area contributed by atoms with Crippen molar-refractivity contribution in [3.8, 4) is 5.88 Å². The van der Waals surface area contributed by atoms with Crippen molar-refractivity contribution in [2.75, 3.05) is 12.4 Å². The van der Waals surface area contributed by atoms with Gasteiger partial charge < -0.3 is 15.2 Å². The summed E-state index contributed by atoms with van der Waals surface area (Å²) in [5.41, 5.74) is 0. The monoisotopic (exact) mass is 281 g/mol. The Morgan fingerprint density at radius 2 is 2.11 bits per heavy atom. The number of thiophene rings is 1. The number of amides is 1. The lowest BCUT2D eigenvalue weighted by molar-refractivity contribution is 0.0702. The molecule has 0 radical (unpaired) electrons. The van der Waals surface area contributed by atoms with Gasteiger partial charge in [-0.3, -0.25) is 4.79 Å². The van der Waals surface area contributed by atoms with Gasteiger partial charge in [-0.15, -0.1) is 11.3 Å². The third-order valence-corrected chi connectivity index (χ3v) is 3.40. The number of nitrogens with one attached hydrogen (secondary N) is 1. The topological polar surface area (TPSA) is 93.4 Å². The van der Waals surface area contributed by atoms with E-state index in [2.05, 4.69) is 10.4 Å². The van der Waals surface area contributed by atoms with Crippen LogP contribution < -0.4 is 10.1 Å². The SMILES string of the molecule is COc1cc(NC(=O)c2ccc(C(=O)O)s2)nn1C. The number of hydrogen-bond acceptors (Lipinski definition) is 5. The van der Waals surface area contributed by atoms with Gasteiger partial charge in [0.1, 0.15) is 4.88 Å². The van der Waals surface area contributed by atoms with E-state index in [9.17, 15) is 9.59 Å². The zero-order valence-corrected chi connectivity index (χ0v) is 11.0. The van der Waals surface area contributed by atoms with Gasteiger partial charge >= 0.3 is 5.97 Å². The van der Waals surface area contributed by atoms with Crippen molar-refractivity contribution in [3.63, 3.8) is 0 Å². The molecule has 0 saturated carbocycles. The first kappa shape index (κ1) is 13.1. The van der Waals surface area contributed by atoms with Crippen molar-refractivity contribution >= 4 is 29.0 Å². The van der Waals surface area contributed by atoms with Crippen molar-refractivity contribution < 1.29 is 19.4 Å². The van der Waals surface area contributed by atoms with E-state index in [-0.39, 0.29) is 4.88 Å². The van der Waals surface area contributed by atoms with Crippen LogP contribution in [0.2, 0.25) is 0 Å². The Morgan fingerprint density at radius 1 is 1.42 bits per heavy atom. The number of carboxylic acid groups (broad SMARTS) is 1. The normalized spacial score (nSPS) is 10.2. The number of aromatic nitrogens is 2. The Balaban J connectivity index is 2.13. The number of hydrogen-bond donors (Lipinski definition) is 2. The van der Waals surface area contributed by atoms with Crippen LogP contribution in [0, 0.1) is 0 Å². The lowest BCUT2D eigenvalue weighted by Gasteiger charge is -1.97. The Kier molecular flexibility index (Phi) is 3.52. The smallest absolute Gasteiger partial charge is 0.345 e. The molecule has 0 aliphatic heterocycles. The maximum absolute atomic E-state index is 11.9. The van der Waals surface area contributed by atoms with Crippen LogP contribution in [0.1, 0.15) is 19.3 Å². The molecule has 0 aliphatic rings. The average molecular weight is 281 g/mol. The molecule has 19 heavy (non-hydrogen) atoms. The number of carboxylic acids is 1. The van der Waals surface area contributed by atoms with E-state index in [4.69, 9.17) is 9.84 Å². The van der Waals surface area contributed by atoms with Crippen LogP contribution in [-0.4, -0.2) is 33.9 Å². The molecule has 2 heterocycles. The molecule has 0 spiro atoms. The fraction of sp³-hybridized carbons (Fsp3) is 0.182. The summed E-state index contributed by atoms with van der Waals surface area (Å²) in [6, 6.07) is 4.42. The van der Waals surface area contributed by atoms with Gasteiger partial charge in [-0.05, 0) is 12.1 Å². The third kappa shape index (κ3) is 2.74. The van der Waals surface area contributed by atoms with Gasteiger partial charge in [0.15, 0.2) is 5.82 Å². The quantitative estimate of drug-likeness (QED) is 0.884. The summed E-state index contributed by atoms with van der Waals surface area (Å²) in [6.45, 7) is 0. The van der Waals surface area contributed by atoms with Crippen LogP contribution in [0.15, 0.2) is 18.2 Å². The van der Waals surface area contributed by atoms with Gasteiger partial charge in [0, 0.05) is 13.1 Å². The largest absolute Gasteiger partial charge is 0.481 e. The van der Waals surface area contributed by atoms with Crippen LogP contribution in [0.4, 0.5) is 5.82 Å². The summed E-state index contributed by atoms with van der Waals surface area (Å²) in [5, 5.41) is 15.4. The molecule has 0 saturated heterocycles. The highest BCUT2D eigenvalue weighted by molar-refractivity contribution is 7.15. The Labute approximate surface area is 112 Å². The molecule has 0 unspecified atom stereocenters. The van der Waals surface area contributed by atoms with Gasteiger partial charge in [0.25, 0.3) is 5.91 Å². The minimum Gasteiger partial charge on any atom is -0.481 e. The fourth-order valence-electron chi connectivity index (χ4n) is 1.46. The van der Waals surface area contributed by atoms with Crippen LogP contribution in [0.25, 0.3) is 0 Å². The Morgan fingerprint density at radius 3 is 2.63 bits per heavy atom. The molecule has 0 atom stereocenters. The number of aryl methyl sites for hydroxylation is 1. The van der Waals surface area contributed by atoms with E-state index in [1.165, 1.54) is 23.9 Å². The summed E-state index contributed by atoms with van der Waals surface area (Å²) in [4.78, 5) is 23.0. The molecule has 2 aromatic rings. The predicted octanol–water partition coefficient (Wildman–Crippen LogP) is 1.44. The maximum Gasteiger partial charge on any atom is 0.345 e. The van der Waals surface area contributed by atoms with Gasteiger partial charge in [-0.2, -0.15) is 5.10 Å². The number of rotatable bonds is 4. The summed E-state index contributed by atoms with van der Waals surface area (Å²) in [7, 11) is 3.18. The second kappa shape index (κ2) is 5.11. The van der Waals surface area contributed by atoms with Crippen molar-refractivity contribution in [1.29, 1.82) is 0 Å². The molecule has 0 aromatic carbocycles. The molecule has 2 N–H and O–H groups in total. The van der Waals surface area contributed by atoms with Crippen molar-refractivity contribution in [2.45, 2.75) is 0 Å². The van der Waals surface area contributed by atoms with Crippen molar-refractivity contribution in [1.82, 2.24) is 9.78 Å². The average Bonchev–Trinajstić information content (AvgIpc) is 2.95. The zero-order valence-electron chi connectivity index (χ0n) is 10.2. The van der Waals surface area contributed by atoms with Crippen LogP contribution >= 0.6 is 11.3 Å². The lowest BCUT2D eigenvalue weighted by Crippen LogP contribution is -2.10. The van der Waals surface area contributed by atoms with E-state index in [0.29, 0.717) is 16.6 Å².